The van der Waals surface area contributed by atoms with Crippen molar-refractivity contribution in [1.82, 2.24) is 5.32 Å². The maximum Gasteiger partial charge on any atom is 0.258 e. The van der Waals surface area contributed by atoms with Gasteiger partial charge in [0, 0.05) is 24.1 Å². The van der Waals surface area contributed by atoms with Gasteiger partial charge in [0.15, 0.2) is 18.2 Å². The van der Waals surface area contributed by atoms with E-state index in [1.54, 1.807) is 12.1 Å². The second-order valence-corrected chi connectivity index (χ2v) is 6.13. The Balaban J connectivity index is 1.61. The molecule has 2 aromatic rings. The Morgan fingerprint density at radius 3 is 2.85 bits per heavy atom. The lowest BCUT2D eigenvalue weighted by Gasteiger charge is -2.13. The van der Waals surface area contributed by atoms with Crippen molar-refractivity contribution in [3.05, 3.63) is 53.3 Å². The molecule has 1 N–H and O–H groups in total. The molecule has 0 spiro atoms. The number of carbonyl (C=O) groups is 1. The fourth-order valence-corrected chi connectivity index (χ4v) is 2.86. The summed E-state index contributed by atoms with van der Waals surface area (Å²) in [6.07, 6.45) is 0.983. The summed E-state index contributed by atoms with van der Waals surface area (Å²) in [5, 5.41) is 2.77. The molecule has 1 aliphatic rings. The third kappa shape index (κ3) is 4.25. The Morgan fingerprint density at radius 2 is 2.08 bits per heavy atom. The molecule has 0 fully saturated rings. The number of amides is 1. The van der Waals surface area contributed by atoms with E-state index in [1.807, 2.05) is 26.0 Å². The maximum atomic E-state index is 13.5. The Kier molecular flexibility index (Phi) is 5.61. The summed E-state index contributed by atoms with van der Waals surface area (Å²) in [6.45, 7) is 4.48. The first-order valence-electron chi connectivity index (χ1n) is 8.66. The average Bonchev–Trinajstić information content (AvgIpc) is 2.98. The van der Waals surface area contributed by atoms with Crippen LogP contribution in [0.1, 0.15) is 25.0 Å². The highest BCUT2D eigenvalue weighted by Crippen LogP contribution is 2.35. The van der Waals surface area contributed by atoms with E-state index in [-0.39, 0.29) is 30.9 Å². The molecule has 1 heterocycles. The van der Waals surface area contributed by atoms with Crippen molar-refractivity contribution < 1.29 is 23.4 Å². The lowest BCUT2D eigenvalue weighted by Crippen LogP contribution is -2.28. The van der Waals surface area contributed by atoms with Crippen molar-refractivity contribution in [2.24, 2.45) is 0 Å². The molecule has 0 aromatic heterocycles. The number of halogens is 1. The minimum atomic E-state index is -0.496. The van der Waals surface area contributed by atoms with Crippen LogP contribution < -0.4 is 19.5 Å². The minimum absolute atomic E-state index is 0.0533. The van der Waals surface area contributed by atoms with E-state index in [1.165, 1.54) is 12.1 Å². The smallest absolute Gasteiger partial charge is 0.258 e. The minimum Gasteiger partial charge on any atom is -0.494 e. The number of rotatable bonds is 7. The maximum absolute atomic E-state index is 13.5. The summed E-state index contributed by atoms with van der Waals surface area (Å²) in [6, 6.07) is 9.86. The molecule has 0 radical (unpaired) electrons. The van der Waals surface area contributed by atoms with Gasteiger partial charge in [0.05, 0.1) is 6.61 Å². The van der Waals surface area contributed by atoms with Crippen LogP contribution >= 0.6 is 0 Å². The number of fused-ring (bicyclic) bond motifs is 1. The van der Waals surface area contributed by atoms with Gasteiger partial charge in [0.1, 0.15) is 17.6 Å². The molecule has 26 heavy (non-hydrogen) atoms. The van der Waals surface area contributed by atoms with Crippen LogP contribution in [0.3, 0.4) is 0 Å². The predicted octanol–water partition coefficient (Wildman–Crippen LogP) is 3.24. The largest absolute Gasteiger partial charge is 0.494 e. The van der Waals surface area contributed by atoms with Gasteiger partial charge < -0.3 is 19.5 Å². The monoisotopic (exact) mass is 359 g/mol. The van der Waals surface area contributed by atoms with E-state index in [0.717, 1.165) is 29.0 Å². The first kappa shape index (κ1) is 18.0. The van der Waals surface area contributed by atoms with Crippen LogP contribution in [0, 0.1) is 5.82 Å². The Labute approximate surface area is 152 Å². The standard InChI is InChI=1S/C20H22FNO4/c1-3-24-18-9-14-8-13(2)26-19(14)10-15(18)11-22-20(23)12-25-17-7-5-4-6-16(17)21/h4-7,9-10,13H,3,8,11-12H2,1-2H3,(H,22,23)/t13-/m0/s1. The van der Waals surface area contributed by atoms with Gasteiger partial charge in [0.25, 0.3) is 5.91 Å². The molecule has 0 aliphatic carbocycles. The lowest BCUT2D eigenvalue weighted by atomic mass is 10.1. The fraction of sp³-hybridized carbons (Fsp3) is 0.350. The molecule has 5 nitrogen and oxygen atoms in total. The van der Waals surface area contributed by atoms with Crippen molar-refractivity contribution in [3.8, 4) is 17.2 Å². The van der Waals surface area contributed by atoms with Crippen LogP contribution in [0.25, 0.3) is 0 Å². The summed E-state index contributed by atoms with van der Waals surface area (Å²) >= 11 is 0. The van der Waals surface area contributed by atoms with E-state index in [4.69, 9.17) is 14.2 Å². The number of ether oxygens (including phenoxy) is 3. The van der Waals surface area contributed by atoms with Crippen molar-refractivity contribution in [1.29, 1.82) is 0 Å². The number of carbonyl (C=O) groups excluding carboxylic acids is 1. The molecule has 0 bridgehead atoms. The first-order chi connectivity index (χ1) is 12.6. The SMILES string of the molecule is CCOc1cc2c(cc1CNC(=O)COc1ccccc1F)O[C@@H](C)C2. The van der Waals surface area contributed by atoms with Gasteiger partial charge in [-0.15, -0.1) is 0 Å². The highest BCUT2D eigenvalue weighted by atomic mass is 19.1. The predicted molar refractivity (Wildman–Crippen MR) is 95.1 cm³/mol. The molecule has 1 amide bonds. The summed E-state index contributed by atoms with van der Waals surface area (Å²) in [5.41, 5.74) is 1.94. The molecule has 2 aromatic carbocycles. The zero-order valence-corrected chi connectivity index (χ0v) is 14.9. The van der Waals surface area contributed by atoms with E-state index < -0.39 is 5.82 Å². The quantitative estimate of drug-likeness (QED) is 0.825. The average molecular weight is 359 g/mol. The first-order valence-corrected chi connectivity index (χ1v) is 8.66. The van der Waals surface area contributed by atoms with Crippen LogP contribution in [-0.2, 0) is 17.8 Å². The van der Waals surface area contributed by atoms with Gasteiger partial charge in [-0.3, -0.25) is 4.79 Å². The summed E-state index contributed by atoms with van der Waals surface area (Å²) in [7, 11) is 0. The number of hydrogen-bond donors (Lipinski definition) is 1. The molecular formula is C20H22FNO4. The Bertz CT molecular complexity index is 793. The number of para-hydroxylation sites is 1. The van der Waals surface area contributed by atoms with Gasteiger partial charge in [0.2, 0.25) is 0 Å². The third-order valence-electron chi connectivity index (χ3n) is 4.05. The highest BCUT2D eigenvalue weighted by molar-refractivity contribution is 5.77. The van der Waals surface area contributed by atoms with Crippen LogP contribution in [0.5, 0.6) is 17.2 Å². The van der Waals surface area contributed by atoms with Gasteiger partial charge in [-0.05, 0) is 38.1 Å². The number of benzene rings is 2. The molecule has 1 atom stereocenters. The van der Waals surface area contributed by atoms with E-state index >= 15 is 0 Å². The zero-order chi connectivity index (χ0) is 18.5. The van der Waals surface area contributed by atoms with Gasteiger partial charge in [-0.1, -0.05) is 12.1 Å². The topological polar surface area (TPSA) is 56.8 Å². The second kappa shape index (κ2) is 8.08. The molecule has 138 valence electrons. The molecule has 1 aliphatic heterocycles. The van der Waals surface area contributed by atoms with Gasteiger partial charge in [-0.25, -0.2) is 4.39 Å². The van der Waals surface area contributed by atoms with Crippen LogP contribution in [0.2, 0.25) is 0 Å². The van der Waals surface area contributed by atoms with E-state index in [0.29, 0.717) is 6.61 Å². The third-order valence-corrected chi connectivity index (χ3v) is 4.05. The lowest BCUT2D eigenvalue weighted by molar-refractivity contribution is -0.123. The van der Waals surface area contributed by atoms with Gasteiger partial charge >= 0.3 is 0 Å². The molecule has 0 saturated carbocycles. The number of hydrogen-bond acceptors (Lipinski definition) is 4. The summed E-state index contributed by atoms with van der Waals surface area (Å²) in [4.78, 5) is 12.0. The van der Waals surface area contributed by atoms with Crippen molar-refractivity contribution in [3.63, 3.8) is 0 Å². The van der Waals surface area contributed by atoms with Crippen molar-refractivity contribution in [2.45, 2.75) is 32.9 Å². The molecule has 0 unspecified atom stereocenters. The number of nitrogens with one attached hydrogen (secondary N) is 1. The van der Waals surface area contributed by atoms with E-state index in [9.17, 15) is 9.18 Å². The molecule has 6 heteroatoms. The summed E-state index contributed by atoms with van der Waals surface area (Å²) in [5.74, 6) is 0.777. The normalized spacial score (nSPS) is 15.1. The second-order valence-electron chi connectivity index (χ2n) is 6.13. The Morgan fingerprint density at radius 1 is 1.27 bits per heavy atom. The van der Waals surface area contributed by atoms with Gasteiger partial charge in [-0.2, -0.15) is 0 Å². The summed E-state index contributed by atoms with van der Waals surface area (Å²) < 4.78 is 30.2. The van der Waals surface area contributed by atoms with Crippen LogP contribution in [0.4, 0.5) is 4.39 Å². The molecular weight excluding hydrogens is 337 g/mol. The van der Waals surface area contributed by atoms with Crippen LogP contribution in [-0.4, -0.2) is 25.2 Å². The molecule has 3 rings (SSSR count). The Hall–Kier alpha value is -2.76. The fourth-order valence-electron chi connectivity index (χ4n) is 2.86. The van der Waals surface area contributed by atoms with Crippen molar-refractivity contribution in [2.75, 3.05) is 13.2 Å². The van der Waals surface area contributed by atoms with E-state index in [2.05, 4.69) is 5.32 Å². The van der Waals surface area contributed by atoms with Crippen molar-refractivity contribution >= 4 is 5.91 Å². The zero-order valence-electron chi connectivity index (χ0n) is 14.9. The molecule has 0 saturated heterocycles. The van der Waals surface area contributed by atoms with Crippen LogP contribution in [0.15, 0.2) is 36.4 Å². The highest BCUT2D eigenvalue weighted by Gasteiger charge is 2.22.